The molecule has 0 saturated carbocycles. The van der Waals surface area contributed by atoms with Gasteiger partial charge < -0.3 is 0 Å². The molecule has 0 radical (unpaired) electrons. The standard InChI is InChI=1S/2C17H15.CH2.2ClH.Zr/c2*1-12-10-13(2)17-15(11-12)8-9-16(17)14-6-4-3-5-7-14;;;;/h2*3-11H,1-2H3;1H2;2*1H;/q2*-1;;;;+2/p-2. The number of halogens is 2. The molecule has 0 aromatic heterocycles. The predicted molar refractivity (Wildman–Crippen MR) is 168 cm³/mol. The van der Waals surface area contributed by atoms with Gasteiger partial charge in [0, 0.05) is 0 Å². The average Bonchev–Trinajstić information content (AvgIpc) is 3.50. The van der Waals surface area contributed by atoms with E-state index in [1.54, 1.807) is 0 Å². The van der Waals surface area contributed by atoms with Crippen molar-refractivity contribution in [1.29, 1.82) is 0 Å². The van der Waals surface area contributed by atoms with E-state index in [0.29, 0.717) is 0 Å². The summed E-state index contributed by atoms with van der Waals surface area (Å²) in [7, 11) is 10.3. The molecule has 0 heterocycles. The summed E-state index contributed by atoms with van der Waals surface area (Å²) < 4.78 is 3.37. The van der Waals surface area contributed by atoms with Crippen molar-refractivity contribution in [3.8, 4) is 22.3 Å². The van der Waals surface area contributed by atoms with Crippen molar-refractivity contribution >= 4 is 42.8 Å². The first-order valence-electron chi connectivity index (χ1n) is 12.7. The Morgan fingerprint density at radius 3 is 1.26 bits per heavy atom. The van der Waals surface area contributed by atoms with Gasteiger partial charge in [-0.1, -0.05) is 106 Å². The monoisotopic (exact) mass is 612 g/mol. The van der Waals surface area contributed by atoms with Crippen LogP contribution in [0.2, 0.25) is 0 Å². The summed E-state index contributed by atoms with van der Waals surface area (Å²) >= 11 is -1.85. The molecule has 6 rings (SSSR count). The molecule has 3 heteroatoms. The van der Waals surface area contributed by atoms with Gasteiger partial charge in [0.05, 0.1) is 0 Å². The van der Waals surface area contributed by atoms with Crippen molar-refractivity contribution in [2.24, 2.45) is 0 Å². The molecule has 6 aromatic rings. The topological polar surface area (TPSA) is 0 Å². The fourth-order valence-corrected chi connectivity index (χ4v) is 5.23. The van der Waals surface area contributed by atoms with E-state index in [1.165, 1.54) is 66.1 Å². The first-order chi connectivity index (χ1) is 18.2. The number of fused-ring (bicyclic) bond motifs is 2. The molecule has 0 amide bonds. The summed E-state index contributed by atoms with van der Waals surface area (Å²) in [6, 6.07) is 39.1. The minimum atomic E-state index is -1.85. The molecule has 0 aliphatic rings. The zero-order valence-electron chi connectivity index (χ0n) is 22.4. The Balaban J connectivity index is 0.000000156. The minimum absolute atomic E-state index is 1.30. The first kappa shape index (κ1) is 28.4. The van der Waals surface area contributed by atoms with Gasteiger partial charge in [-0.25, -0.2) is 0 Å². The van der Waals surface area contributed by atoms with Crippen molar-refractivity contribution in [3.63, 3.8) is 0 Å². The second-order valence-corrected chi connectivity index (χ2v) is 17.9. The normalized spacial score (nSPS) is 10.5. The third kappa shape index (κ3) is 6.89. The molecule has 38 heavy (non-hydrogen) atoms. The van der Waals surface area contributed by atoms with Gasteiger partial charge in [-0.05, 0) is 27.7 Å². The third-order valence-corrected chi connectivity index (χ3v) is 6.59. The molecule has 0 saturated heterocycles. The Bertz CT molecular complexity index is 1550. The van der Waals surface area contributed by atoms with E-state index in [4.69, 9.17) is 17.0 Å². The Labute approximate surface area is 241 Å². The molecule has 0 nitrogen and oxygen atoms in total. The number of benzene rings is 4. The van der Waals surface area contributed by atoms with E-state index in [2.05, 4.69) is 141 Å². The Kier molecular flexibility index (Phi) is 9.72. The predicted octanol–water partition coefficient (Wildman–Crippen LogP) is 11.0. The van der Waals surface area contributed by atoms with Gasteiger partial charge in [0.15, 0.2) is 0 Å². The summed E-state index contributed by atoms with van der Waals surface area (Å²) in [6.07, 6.45) is 0. The number of aryl methyl sites for hydroxylation is 4. The van der Waals surface area contributed by atoms with Gasteiger partial charge in [0.1, 0.15) is 0 Å². The SMILES string of the molecule is Cc1cc(C)c2c(-c3ccccc3)c[cH-]c2c1.Cc1cc(C)c2c(-c3ccccc3)c[cH-]c2c1.[CH2]=[Zr]([Cl])[Cl]. The van der Waals surface area contributed by atoms with Crippen molar-refractivity contribution in [3.05, 3.63) is 131 Å². The summed E-state index contributed by atoms with van der Waals surface area (Å²) in [4.78, 5) is 0. The summed E-state index contributed by atoms with van der Waals surface area (Å²) in [5.41, 5.74) is 10.7. The zero-order chi connectivity index (χ0) is 27.2. The molecule has 0 spiro atoms. The number of hydrogen-bond donors (Lipinski definition) is 0. The van der Waals surface area contributed by atoms with Crippen molar-refractivity contribution in [2.45, 2.75) is 27.7 Å². The average molecular weight is 615 g/mol. The second-order valence-electron chi connectivity index (χ2n) is 9.66. The molecule has 0 fully saturated rings. The van der Waals surface area contributed by atoms with Crippen LogP contribution in [0.1, 0.15) is 22.3 Å². The molecular formula is C35H32Cl2Zr-2. The van der Waals surface area contributed by atoms with E-state index in [1.807, 2.05) is 0 Å². The quantitative estimate of drug-likeness (QED) is 0.170. The molecule has 0 aliphatic heterocycles. The maximum absolute atomic E-state index is 5.13. The summed E-state index contributed by atoms with van der Waals surface area (Å²) in [5.74, 6) is 0. The van der Waals surface area contributed by atoms with Crippen LogP contribution in [0.3, 0.4) is 0 Å². The van der Waals surface area contributed by atoms with Gasteiger partial charge in [-0.3, -0.25) is 0 Å². The van der Waals surface area contributed by atoms with Gasteiger partial charge in [0.2, 0.25) is 0 Å². The van der Waals surface area contributed by atoms with Crippen LogP contribution in [0.4, 0.5) is 0 Å². The molecule has 192 valence electrons. The van der Waals surface area contributed by atoms with Crippen molar-refractivity contribution in [2.75, 3.05) is 0 Å². The maximum atomic E-state index is 5.13. The second kappa shape index (κ2) is 13.0. The third-order valence-electron chi connectivity index (χ3n) is 6.59. The molecule has 0 atom stereocenters. The first-order valence-corrected chi connectivity index (χ1v) is 20.8. The molecule has 0 unspecified atom stereocenters. The zero-order valence-corrected chi connectivity index (χ0v) is 26.3. The van der Waals surface area contributed by atoms with E-state index in [9.17, 15) is 0 Å². The van der Waals surface area contributed by atoms with Crippen LogP contribution in [-0.2, 0) is 18.9 Å². The van der Waals surface area contributed by atoms with Crippen LogP contribution in [0.25, 0.3) is 43.8 Å². The fourth-order valence-electron chi connectivity index (χ4n) is 5.23. The van der Waals surface area contributed by atoms with Crippen molar-refractivity contribution in [1.82, 2.24) is 0 Å². The van der Waals surface area contributed by atoms with Gasteiger partial charge in [-0.15, -0.1) is 69.1 Å². The molecule has 6 aromatic carbocycles. The van der Waals surface area contributed by atoms with E-state index in [0.717, 1.165) is 0 Å². The Hall–Kier alpha value is -2.57. The molecule has 0 aliphatic carbocycles. The molecule has 0 bridgehead atoms. The van der Waals surface area contributed by atoms with Crippen LogP contribution in [0.15, 0.2) is 109 Å². The Morgan fingerprint density at radius 1 is 0.579 bits per heavy atom. The fraction of sp³-hybridized carbons (Fsp3) is 0.114. The Morgan fingerprint density at radius 2 is 0.921 bits per heavy atom. The van der Waals surface area contributed by atoms with E-state index < -0.39 is 18.9 Å². The van der Waals surface area contributed by atoms with Gasteiger partial charge >= 0.3 is 40.1 Å². The van der Waals surface area contributed by atoms with Crippen LogP contribution in [0.5, 0.6) is 0 Å². The van der Waals surface area contributed by atoms with Crippen LogP contribution >= 0.6 is 17.0 Å². The van der Waals surface area contributed by atoms with Crippen molar-refractivity contribution < 1.29 is 18.9 Å². The van der Waals surface area contributed by atoms with Crippen LogP contribution in [-0.4, -0.2) is 4.21 Å². The molecular weight excluding hydrogens is 583 g/mol. The number of hydrogen-bond acceptors (Lipinski definition) is 0. The molecule has 0 N–H and O–H groups in total. The summed E-state index contributed by atoms with van der Waals surface area (Å²) in [5, 5.41) is 5.48. The van der Waals surface area contributed by atoms with Gasteiger partial charge in [0.25, 0.3) is 0 Å². The van der Waals surface area contributed by atoms with Crippen LogP contribution < -0.4 is 0 Å². The van der Waals surface area contributed by atoms with Crippen LogP contribution in [0, 0.1) is 27.7 Å². The van der Waals surface area contributed by atoms with Gasteiger partial charge in [-0.2, -0.15) is 0 Å². The van der Waals surface area contributed by atoms with E-state index in [-0.39, 0.29) is 0 Å². The number of rotatable bonds is 2. The summed E-state index contributed by atoms with van der Waals surface area (Å²) in [6.45, 7) is 8.70. The van der Waals surface area contributed by atoms with E-state index >= 15 is 0 Å².